The number of hydrogen-bond donors (Lipinski definition) is 2. The normalized spacial score (nSPS) is 10.9. The number of rotatable bonds is 5. The number of carbonyl (C=O) groups is 2. The average Bonchev–Trinajstić information content (AvgIpc) is 1.99. The van der Waals surface area contributed by atoms with E-state index in [1.54, 1.807) is 0 Å². The van der Waals surface area contributed by atoms with E-state index >= 15 is 0 Å². The number of hydrogen-bond acceptors (Lipinski definition) is 2. The van der Waals surface area contributed by atoms with Crippen LogP contribution in [0.3, 0.4) is 0 Å². The van der Waals surface area contributed by atoms with Gasteiger partial charge in [0.05, 0.1) is 0 Å². The monoisotopic (exact) mass is 214 g/mol. The maximum Gasteiger partial charge on any atom is 0.220 e. The summed E-state index contributed by atoms with van der Waals surface area (Å²) < 4.78 is 0. The molecule has 0 aliphatic carbocycles. The average molecular weight is 214 g/mol. The molecule has 88 valence electrons. The Kier molecular flexibility index (Phi) is 5.97. The van der Waals surface area contributed by atoms with Gasteiger partial charge >= 0.3 is 0 Å². The molecule has 4 nitrogen and oxygen atoms in total. The van der Waals surface area contributed by atoms with Gasteiger partial charge in [0.25, 0.3) is 0 Å². The summed E-state index contributed by atoms with van der Waals surface area (Å²) in [4.78, 5) is 21.9. The van der Waals surface area contributed by atoms with Gasteiger partial charge in [0.1, 0.15) is 0 Å². The van der Waals surface area contributed by atoms with Crippen molar-refractivity contribution in [3.63, 3.8) is 0 Å². The summed E-state index contributed by atoms with van der Waals surface area (Å²) in [6.45, 7) is 8.82. The molecule has 0 spiro atoms. The lowest BCUT2D eigenvalue weighted by molar-refractivity contribution is -0.122. The minimum absolute atomic E-state index is 0.0295. The lowest BCUT2D eigenvalue weighted by atomic mass is 9.92. The van der Waals surface area contributed by atoms with Crippen molar-refractivity contribution < 1.29 is 9.59 Å². The van der Waals surface area contributed by atoms with E-state index in [0.717, 1.165) is 6.42 Å². The Bertz CT molecular complexity index is 219. The standard InChI is InChI=1S/C11H22N2O2/c1-9(14)12-6-5-7-13-10(15)8-11(2,3)4/h5-8H2,1-4H3,(H,12,14)(H,13,15). The zero-order valence-corrected chi connectivity index (χ0v) is 10.1. The molecule has 0 saturated carbocycles. The van der Waals surface area contributed by atoms with Gasteiger partial charge in [-0.1, -0.05) is 20.8 Å². The van der Waals surface area contributed by atoms with Crippen LogP contribution in [0.4, 0.5) is 0 Å². The van der Waals surface area contributed by atoms with Crippen LogP contribution >= 0.6 is 0 Å². The fraction of sp³-hybridized carbons (Fsp3) is 0.818. The van der Waals surface area contributed by atoms with Gasteiger partial charge in [-0.15, -0.1) is 0 Å². The maximum atomic E-state index is 11.4. The highest BCUT2D eigenvalue weighted by Gasteiger charge is 2.14. The second-order valence-electron chi connectivity index (χ2n) is 4.92. The molecule has 0 aliphatic rings. The van der Waals surface area contributed by atoms with Gasteiger partial charge in [0.2, 0.25) is 11.8 Å². The van der Waals surface area contributed by atoms with Gasteiger partial charge in [-0.2, -0.15) is 0 Å². The second kappa shape index (κ2) is 6.43. The molecule has 4 heteroatoms. The van der Waals surface area contributed by atoms with Crippen LogP contribution in [-0.2, 0) is 9.59 Å². The molecule has 15 heavy (non-hydrogen) atoms. The van der Waals surface area contributed by atoms with Crippen molar-refractivity contribution in [2.45, 2.75) is 40.5 Å². The molecule has 0 fully saturated rings. The predicted molar refractivity (Wildman–Crippen MR) is 60.4 cm³/mol. The predicted octanol–water partition coefficient (Wildman–Crippen LogP) is 1.06. The van der Waals surface area contributed by atoms with E-state index in [0.29, 0.717) is 19.5 Å². The minimum atomic E-state index is -0.0315. The molecule has 0 aromatic heterocycles. The molecule has 0 bridgehead atoms. The highest BCUT2D eigenvalue weighted by Crippen LogP contribution is 2.17. The van der Waals surface area contributed by atoms with Crippen LogP contribution < -0.4 is 10.6 Å². The molecule has 2 N–H and O–H groups in total. The van der Waals surface area contributed by atoms with Crippen LogP contribution in [0.2, 0.25) is 0 Å². The number of amides is 2. The molecule has 2 amide bonds. The summed E-state index contributed by atoms with van der Waals surface area (Å²) in [5.41, 5.74) is 0.0295. The highest BCUT2D eigenvalue weighted by molar-refractivity contribution is 5.76. The minimum Gasteiger partial charge on any atom is -0.356 e. The Morgan fingerprint density at radius 2 is 1.60 bits per heavy atom. The van der Waals surface area contributed by atoms with Gasteiger partial charge in [-0.3, -0.25) is 9.59 Å². The third kappa shape index (κ3) is 10.9. The van der Waals surface area contributed by atoms with Crippen molar-refractivity contribution in [3.05, 3.63) is 0 Å². The van der Waals surface area contributed by atoms with E-state index < -0.39 is 0 Å². The Hall–Kier alpha value is -1.06. The molecule has 0 atom stereocenters. The first-order valence-electron chi connectivity index (χ1n) is 5.32. The Morgan fingerprint density at radius 3 is 2.07 bits per heavy atom. The Morgan fingerprint density at radius 1 is 1.07 bits per heavy atom. The van der Waals surface area contributed by atoms with Crippen molar-refractivity contribution in [2.24, 2.45) is 5.41 Å². The second-order valence-corrected chi connectivity index (χ2v) is 4.92. The van der Waals surface area contributed by atoms with Crippen LogP contribution in [0.5, 0.6) is 0 Å². The van der Waals surface area contributed by atoms with Crippen molar-refractivity contribution in [1.82, 2.24) is 10.6 Å². The maximum absolute atomic E-state index is 11.4. The fourth-order valence-electron chi connectivity index (χ4n) is 1.12. The van der Waals surface area contributed by atoms with E-state index in [2.05, 4.69) is 10.6 Å². The summed E-state index contributed by atoms with van der Waals surface area (Å²) >= 11 is 0. The fourth-order valence-corrected chi connectivity index (χ4v) is 1.12. The lowest BCUT2D eigenvalue weighted by Gasteiger charge is -2.17. The van der Waals surface area contributed by atoms with Gasteiger partial charge in [-0.25, -0.2) is 0 Å². The molecule has 0 radical (unpaired) electrons. The summed E-state index contributed by atoms with van der Waals surface area (Å²) in [6.07, 6.45) is 1.31. The van der Waals surface area contributed by atoms with E-state index in [1.165, 1.54) is 6.92 Å². The molecule has 0 heterocycles. The molecule has 0 aliphatic heterocycles. The van der Waals surface area contributed by atoms with Gasteiger partial charge < -0.3 is 10.6 Å². The molecule has 0 rings (SSSR count). The van der Waals surface area contributed by atoms with Crippen molar-refractivity contribution in [2.75, 3.05) is 13.1 Å². The van der Waals surface area contributed by atoms with Crippen LogP contribution in [0.15, 0.2) is 0 Å². The van der Waals surface area contributed by atoms with E-state index in [1.807, 2.05) is 20.8 Å². The van der Waals surface area contributed by atoms with E-state index in [-0.39, 0.29) is 17.2 Å². The van der Waals surface area contributed by atoms with Crippen LogP contribution in [0.25, 0.3) is 0 Å². The largest absolute Gasteiger partial charge is 0.356 e. The topological polar surface area (TPSA) is 58.2 Å². The van der Waals surface area contributed by atoms with E-state index in [4.69, 9.17) is 0 Å². The van der Waals surface area contributed by atoms with Gasteiger partial charge in [0, 0.05) is 26.4 Å². The third-order valence-corrected chi connectivity index (χ3v) is 1.74. The zero-order valence-electron chi connectivity index (χ0n) is 10.1. The molecular formula is C11H22N2O2. The summed E-state index contributed by atoms with van der Waals surface area (Å²) in [7, 11) is 0. The first-order valence-corrected chi connectivity index (χ1v) is 5.32. The first-order chi connectivity index (χ1) is 6.81. The number of nitrogens with one attached hydrogen (secondary N) is 2. The first kappa shape index (κ1) is 13.9. The van der Waals surface area contributed by atoms with Crippen LogP contribution in [-0.4, -0.2) is 24.9 Å². The molecule has 0 unspecified atom stereocenters. The summed E-state index contributed by atoms with van der Waals surface area (Å²) in [6, 6.07) is 0. The Labute approximate surface area is 91.8 Å². The van der Waals surface area contributed by atoms with Crippen molar-refractivity contribution in [1.29, 1.82) is 0 Å². The summed E-state index contributed by atoms with van der Waals surface area (Å²) in [5, 5.41) is 5.50. The summed E-state index contributed by atoms with van der Waals surface area (Å²) in [5.74, 6) is 0.0429. The van der Waals surface area contributed by atoms with Gasteiger partial charge in [0.15, 0.2) is 0 Å². The van der Waals surface area contributed by atoms with Crippen molar-refractivity contribution >= 4 is 11.8 Å². The quantitative estimate of drug-likeness (QED) is 0.672. The third-order valence-electron chi connectivity index (χ3n) is 1.74. The lowest BCUT2D eigenvalue weighted by Crippen LogP contribution is -2.30. The van der Waals surface area contributed by atoms with E-state index in [9.17, 15) is 9.59 Å². The highest BCUT2D eigenvalue weighted by atomic mass is 16.2. The number of carbonyl (C=O) groups excluding carboxylic acids is 2. The SMILES string of the molecule is CC(=O)NCCCNC(=O)CC(C)(C)C. The molecule has 0 aromatic rings. The molecule has 0 aromatic carbocycles. The Balaban J connectivity index is 3.44. The smallest absolute Gasteiger partial charge is 0.220 e. The molecule has 0 saturated heterocycles. The molecular weight excluding hydrogens is 192 g/mol. The van der Waals surface area contributed by atoms with Crippen LogP contribution in [0.1, 0.15) is 40.5 Å². The zero-order chi connectivity index (χ0) is 11.9. The van der Waals surface area contributed by atoms with Crippen molar-refractivity contribution in [3.8, 4) is 0 Å². The van der Waals surface area contributed by atoms with Gasteiger partial charge in [-0.05, 0) is 11.8 Å². The van der Waals surface area contributed by atoms with Crippen LogP contribution in [0, 0.1) is 5.41 Å².